The van der Waals surface area contributed by atoms with Crippen molar-refractivity contribution in [2.45, 2.75) is 53.4 Å². The van der Waals surface area contributed by atoms with Crippen LogP contribution in [-0.4, -0.2) is 36.2 Å². The number of nitrogens with zero attached hydrogens (tertiary/aromatic N) is 1. The standard InChI is InChI=1S/C24H30N2O5/c1-5-24(3,4)15-11-12-19-17(13-15)21(16-9-7-8-10-18(16)25-19)22(28)31-14-20(27)26-23(29)30-6-2/h7-10,15H,5-6,11-14H2,1-4H3,(H,26,27,29)/t15-/m0/s1. The molecule has 0 saturated heterocycles. The van der Waals surface area contributed by atoms with Gasteiger partial charge in [-0.3, -0.25) is 15.1 Å². The molecule has 31 heavy (non-hydrogen) atoms. The molecular formula is C24H30N2O5. The minimum absolute atomic E-state index is 0.142. The maximum atomic E-state index is 13.1. The van der Waals surface area contributed by atoms with Gasteiger partial charge in [0.15, 0.2) is 6.61 Å². The van der Waals surface area contributed by atoms with E-state index in [4.69, 9.17) is 9.72 Å². The number of nitrogens with one attached hydrogen (secondary N) is 1. The van der Waals surface area contributed by atoms with Crippen molar-refractivity contribution in [2.24, 2.45) is 11.3 Å². The van der Waals surface area contributed by atoms with Gasteiger partial charge in [-0.1, -0.05) is 45.4 Å². The fourth-order valence-electron chi connectivity index (χ4n) is 4.10. The molecule has 3 rings (SSSR count). The van der Waals surface area contributed by atoms with Gasteiger partial charge in [-0.05, 0) is 49.1 Å². The van der Waals surface area contributed by atoms with Crippen LogP contribution in [0.4, 0.5) is 4.79 Å². The maximum Gasteiger partial charge on any atom is 0.413 e. The number of para-hydroxylation sites is 1. The monoisotopic (exact) mass is 426 g/mol. The number of aryl methyl sites for hydroxylation is 1. The van der Waals surface area contributed by atoms with E-state index < -0.39 is 24.6 Å². The largest absolute Gasteiger partial charge is 0.452 e. The Bertz CT molecular complexity index is 999. The summed E-state index contributed by atoms with van der Waals surface area (Å²) in [6.45, 7) is 7.92. The normalized spacial score (nSPS) is 15.8. The third-order valence-electron chi connectivity index (χ3n) is 6.33. The summed E-state index contributed by atoms with van der Waals surface area (Å²) in [7, 11) is 0. The van der Waals surface area contributed by atoms with Gasteiger partial charge in [-0.2, -0.15) is 0 Å². The van der Waals surface area contributed by atoms with Crippen LogP contribution in [0, 0.1) is 11.3 Å². The number of hydrogen-bond donors (Lipinski definition) is 1. The van der Waals surface area contributed by atoms with Crippen molar-refractivity contribution < 1.29 is 23.9 Å². The summed E-state index contributed by atoms with van der Waals surface area (Å²) in [5, 5.41) is 2.75. The van der Waals surface area contributed by atoms with Crippen LogP contribution in [0.15, 0.2) is 24.3 Å². The Morgan fingerprint density at radius 3 is 2.61 bits per heavy atom. The van der Waals surface area contributed by atoms with Crippen molar-refractivity contribution in [1.29, 1.82) is 0 Å². The van der Waals surface area contributed by atoms with Crippen molar-refractivity contribution in [2.75, 3.05) is 13.2 Å². The number of esters is 1. The number of fused-ring (bicyclic) bond motifs is 2. The van der Waals surface area contributed by atoms with E-state index >= 15 is 0 Å². The van der Waals surface area contributed by atoms with Crippen molar-refractivity contribution in [3.63, 3.8) is 0 Å². The molecule has 1 heterocycles. The SMILES string of the molecule is CCOC(=O)NC(=O)COC(=O)c1c2c(nc3ccccc13)CC[C@H](C(C)(C)CC)C2. The van der Waals surface area contributed by atoms with E-state index in [1.165, 1.54) is 0 Å². The second-order valence-corrected chi connectivity index (χ2v) is 8.56. The van der Waals surface area contributed by atoms with Crippen LogP contribution in [-0.2, 0) is 27.1 Å². The average molecular weight is 427 g/mol. The Morgan fingerprint density at radius 2 is 1.90 bits per heavy atom. The number of carbonyl (C=O) groups is 3. The van der Waals surface area contributed by atoms with Gasteiger partial charge in [0.1, 0.15) is 0 Å². The fraction of sp³-hybridized carbons (Fsp3) is 0.500. The fourth-order valence-corrected chi connectivity index (χ4v) is 4.10. The predicted molar refractivity (Wildman–Crippen MR) is 117 cm³/mol. The first-order chi connectivity index (χ1) is 14.8. The molecule has 0 fully saturated rings. The van der Waals surface area contributed by atoms with Crippen LogP contribution in [0.3, 0.4) is 0 Å². The molecule has 0 saturated carbocycles. The molecule has 7 nitrogen and oxygen atoms in total. The lowest BCUT2D eigenvalue weighted by Gasteiger charge is -2.37. The quantitative estimate of drug-likeness (QED) is 0.696. The van der Waals surface area contributed by atoms with E-state index in [2.05, 4.69) is 25.5 Å². The molecule has 0 unspecified atom stereocenters. The summed E-state index contributed by atoms with van der Waals surface area (Å²) in [4.78, 5) is 41.3. The lowest BCUT2D eigenvalue weighted by molar-refractivity contribution is -0.123. The topological polar surface area (TPSA) is 94.6 Å². The van der Waals surface area contributed by atoms with Crippen molar-refractivity contribution in [3.05, 3.63) is 41.1 Å². The molecule has 0 bridgehead atoms. The number of ether oxygens (including phenoxy) is 2. The Kier molecular flexibility index (Phi) is 6.93. The van der Waals surface area contributed by atoms with Gasteiger partial charge >= 0.3 is 12.1 Å². The highest BCUT2D eigenvalue weighted by atomic mass is 16.6. The molecule has 1 aliphatic rings. The molecule has 0 aliphatic heterocycles. The molecule has 166 valence electrons. The van der Waals surface area contributed by atoms with Crippen LogP contribution in [0.25, 0.3) is 10.9 Å². The van der Waals surface area contributed by atoms with E-state index in [-0.39, 0.29) is 12.0 Å². The van der Waals surface area contributed by atoms with Gasteiger partial charge in [0.05, 0.1) is 17.7 Å². The number of hydrogen-bond acceptors (Lipinski definition) is 6. The average Bonchev–Trinajstić information content (AvgIpc) is 2.75. The van der Waals surface area contributed by atoms with Gasteiger partial charge in [-0.25, -0.2) is 9.59 Å². The highest BCUT2D eigenvalue weighted by molar-refractivity contribution is 6.06. The molecule has 1 aromatic carbocycles. The minimum atomic E-state index is -0.861. The molecular weight excluding hydrogens is 396 g/mol. The van der Waals surface area contributed by atoms with Crippen LogP contribution in [0.5, 0.6) is 0 Å². The first kappa shape index (κ1) is 22.7. The maximum absolute atomic E-state index is 13.1. The Balaban J connectivity index is 1.90. The molecule has 2 amide bonds. The molecule has 0 spiro atoms. The molecule has 1 aliphatic carbocycles. The first-order valence-electron chi connectivity index (χ1n) is 10.8. The molecule has 2 aromatic rings. The molecule has 0 radical (unpaired) electrons. The number of aromatic nitrogens is 1. The number of amides is 2. The Morgan fingerprint density at radius 1 is 1.16 bits per heavy atom. The predicted octanol–water partition coefficient (Wildman–Crippen LogP) is 4.21. The Labute approximate surface area is 182 Å². The number of imide groups is 1. The smallest absolute Gasteiger partial charge is 0.413 e. The number of rotatable bonds is 6. The van der Waals surface area contributed by atoms with Crippen LogP contribution < -0.4 is 5.32 Å². The third-order valence-corrected chi connectivity index (χ3v) is 6.33. The van der Waals surface area contributed by atoms with Crippen molar-refractivity contribution >= 4 is 28.9 Å². The Hall–Kier alpha value is -2.96. The highest BCUT2D eigenvalue weighted by Gasteiger charge is 2.34. The number of pyridine rings is 1. The van der Waals surface area contributed by atoms with Gasteiger partial charge in [0, 0.05) is 11.1 Å². The zero-order chi connectivity index (χ0) is 22.6. The zero-order valence-electron chi connectivity index (χ0n) is 18.6. The summed E-state index contributed by atoms with van der Waals surface area (Å²) < 4.78 is 9.97. The van der Waals surface area contributed by atoms with E-state index in [1.54, 1.807) is 6.92 Å². The molecule has 1 N–H and O–H groups in total. The molecule has 7 heteroatoms. The van der Waals surface area contributed by atoms with Gasteiger partial charge in [0.2, 0.25) is 0 Å². The van der Waals surface area contributed by atoms with Crippen molar-refractivity contribution in [3.8, 4) is 0 Å². The van der Waals surface area contributed by atoms with Gasteiger partial charge in [-0.15, -0.1) is 0 Å². The first-order valence-corrected chi connectivity index (χ1v) is 10.8. The zero-order valence-corrected chi connectivity index (χ0v) is 18.6. The third kappa shape index (κ3) is 5.03. The summed E-state index contributed by atoms with van der Waals surface area (Å²) in [6, 6.07) is 7.47. The lowest BCUT2D eigenvalue weighted by Crippen LogP contribution is -2.35. The summed E-state index contributed by atoms with van der Waals surface area (Å²) in [5.41, 5.74) is 3.18. The number of benzene rings is 1. The second kappa shape index (κ2) is 9.45. The van der Waals surface area contributed by atoms with E-state index in [1.807, 2.05) is 29.6 Å². The minimum Gasteiger partial charge on any atom is -0.452 e. The second-order valence-electron chi connectivity index (χ2n) is 8.56. The molecule has 1 atom stereocenters. The van der Waals surface area contributed by atoms with Crippen LogP contribution in [0.2, 0.25) is 0 Å². The van der Waals surface area contributed by atoms with E-state index in [0.29, 0.717) is 16.9 Å². The van der Waals surface area contributed by atoms with E-state index in [9.17, 15) is 14.4 Å². The summed E-state index contributed by atoms with van der Waals surface area (Å²) in [6.07, 6.45) is 2.75. The number of carbonyl (C=O) groups excluding carboxylic acids is 3. The highest BCUT2D eigenvalue weighted by Crippen LogP contribution is 2.41. The van der Waals surface area contributed by atoms with Crippen molar-refractivity contribution in [1.82, 2.24) is 10.3 Å². The van der Waals surface area contributed by atoms with Crippen LogP contribution >= 0.6 is 0 Å². The van der Waals surface area contributed by atoms with Gasteiger partial charge in [0.25, 0.3) is 5.91 Å². The number of alkyl carbamates (subject to hydrolysis) is 1. The van der Waals surface area contributed by atoms with Crippen LogP contribution in [0.1, 0.15) is 62.2 Å². The summed E-state index contributed by atoms with van der Waals surface area (Å²) in [5.74, 6) is -0.889. The lowest BCUT2D eigenvalue weighted by atomic mass is 9.68. The molecule has 1 aromatic heterocycles. The van der Waals surface area contributed by atoms with Gasteiger partial charge < -0.3 is 9.47 Å². The van der Waals surface area contributed by atoms with E-state index in [0.717, 1.165) is 42.5 Å². The summed E-state index contributed by atoms with van der Waals surface area (Å²) >= 11 is 0.